The minimum atomic E-state index is -0.139. The lowest BCUT2D eigenvalue weighted by molar-refractivity contribution is 0.0173. The molecular formula is C15H22ClN3O. The van der Waals surface area contributed by atoms with E-state index in [1.165, 1.54) is 12.8 Å². The highest BCUT2D eigenvalue weighted by molar-refractivity contribution is 6.33. The first-order valence-electron chi connectivity index (χ1n) is 7.52. The van der Waals surface area contributed by atoms with Crippen LogP contribution in [0.5, 0.6) is 0 Å². The summed E-state index contributed by atoms with van der Waals surface area (Å²) >= 11 is 6.21. The van der Waals surface area contributed by atoms with Crippen molar-refractivity contribution >= 4 is 17.3 Å². The number of rotatable bonds is 2. The molecule has 0 spiro atoms. The van der Waals surface area contributed by atoms with Gasteiger partial charge in [-0.3, -0.25) is 9.88 Å². The molecule has 1 N–H and O–H groups in total. The van der Waals surface area contributed by atoms with Crippen molar-refractivity contribution < 1.29 is 5.11 Å². The third-order valence-corrected chi connectivity index (χ3v) is 4.86. The van der Waals surface area contributed by atoms with E-state index in [4.69, 9.17) is 11.6 Å². The molecule has 3 rings (SSSR count). The van der Waals surface area contributed by atoms with Crippen LogP contribution in [-0.2, 0) is 0 Å². The largest absolute Gasteiger partial charge is 0.391 e. The van der Waals surface area contributed by atoms with Gasteiger partial charge in [0.05, 0.1) is 16.8 Å². The quantitative estimate of drug-likeness (QED) is 0.908. The van der Waals surface area contributed by atoms with Gasteiger partial charge in [-0.25, -0.2) is 0 Å². The van der Waals surface area contributed by atoms with Crippen LogP contribution >= 0.6 is 11.6 Å². The minimum absolute atomic E-state index is 0.139. The summed E-state index contributed by atoms with van der Waals surface area (Å²) < 4.78 is 0. The first-order valence-corrected chi connectivity index (χ1v) is 7.90. The van der Waals surface area contributed by atoms with Crippen LogP contribution in [0.1, 0.15) is 25.7 Å². The molecule has 1 saturated carbocycles. The molecule has 2 atom stereocenters. The Labute approximate surface area is 125 Å². The molecule has 1 aliphatic heterocycles. The first-order chi connectivity index (χ1) is 9.75. The summed E-state index contributed by atoms with van der Waals surface area (Å²) in [6, 6.07) is 2.34. The van der Waals surface area contributed by atoms with E-state index in [1.54, 1.807) is 12.4 Å². The Morgan fingerprint density at radius 3 is 2.60 bits per heavy atom. The first kappa shape index (κ1) is 14.1. The number of aromatic nitrogens is 1. The molecule has 1 aromatic rings. The van der Waals surface area contributed by atoms with E-state index in [-0.39, 0.29) is 6.10 Å². The van der Waals surface area contributed by atoms with Gasteiger partial charge in [0.15, 0.2) is 0 Å². The maximum atomic E-state index is 10.2. The Morgan fingerprint density at radius 1 is 1.15 bits per heavy atom. The molecule has 0 radical (unpaired) electrons. The van der Waals surface area contributed by atoms with E-state index in [0.717, 1.165) is 49.7 Å². The zero-order valence-electron chi connectivity index (χ0n) is 11.7. The molecule has 2 unspecified atom stereocenters. The van der Waals surface area contributed by atoms with E-state index in [2.05, 4.69) is 14.8 Å². The van der Waals surface area contributed by atoms with Crippen molar-refractivity contribution in [2.75, 3.05) is 31.1 Å². The van der Waals surface area contributed by atoms with E-state index >= 15 is 0 Å². The van der Waals surface area contributed by atoms with Gasteiger partial charge in [0, 0.05) is 44.6 Å². The van der Waals surface area contributed by atoms with Gasteiger partial charge < -0.3 is 10.0 Å². The number of aliphatic hydroxyl groups excluding tert-OH is 1. The van der Waals surface area contributed by atoms with Crippen LogP contribution in [0.15, 0.2) is 18.5 Å². The second-order valence-corrected chi connectivity index (χ2v) is 6.18. The molecule has 2 aliphatic rings. The molecule has 1 aliphatic carbocycles. The number of nitrogens with zero attached hydrogens (tertiary/aromatic N) is 3. The molecule has 0 aromatic carbocycles. The van der Waals surface area contributed by atoms with Gasteiger partial charge >= 0.3 is 0 Å². The average molecular weight is 296 g/mol. The number of piperazine rings is 1. The smallest absolute Gasteiger partial charge is 0.0822 e. The number of hydrogen-bond donors (Lipinski definition) is 1. The molecule has 1 aromatic heterocycles. The van der Waals surface area contributed by atoms with E-state index in [1.807, 2.05) is 6.07 Å². The molecule has 20 heavy (non-hydrogen) atoms. The summed E-state index contributed by atoms with van der Waals surface area (Å²) in [4.78, 5) is 8.80. The summed E-state index contributed by atoms with van der Waals surface area (Å²) in [7, 11) is 0. The zero-order chi connectivity index (χ0) is 13.9. The molecule has 4 nitrogen and oxygen atoms in total. The molecule has 2 fully saturated rings. The van der Waals surface area contributed by atoms with Crippen molar-refractivity contribution in [3.63, 3.8) is 0 Å². The van der Waals surface area contributed by atoms with Crippen molar-refractivity contribution in [1.82, 2.24) is 9.88 Å². The summed E-state index contributed by atoms with van der Waals surface area (Å²) in [5.74, 6) is 0. The second-order valence-electron chi connectivity index (χ2n) is 5.77. The van der Waals surface area contributed by atoms with Crippen LogP contribution in [-0.4, -0.2) is 53.3 Å². The van der Waals surface area contributed by atoms with Gasteiger partial charge in [-0.1, -0.05) is 24.4 Å². The van der Waals surface area contributed by atoms with E-state index < -0.39 is 0 Å². The fraction of sp³-hybridized carbons (Fsp3) is 0.667. The fourth-order valence-corrected chi connectivity index (χ4v) is 3.68. The van der Waals surface area contributed by atoms with Crippen LogP contribution in [0, 0.1) is 0 Å². The number of pyridine rings is 1. The fourth-order valence-electron chi connectivity index (χ4n) is 3.44. The van der Waals surface area contributed by atoms with Gasteiger partial charge in [-0.05, 0) is 18.9 Å². The van der Waals surface area contributed by atoms with Crippen LogP contribution in [0.25, 0.3) is 0 Å². The predicted molar refractivity (Wildman–Crippen MR) is 81.3 cm³/mol. The Hall–Kier alpha value is -0.840. The summed E-state index contributed by atoms with van der Waals surface area (Å²) in [6.45, 7) is 3.93. The number of anilines is 1. The summed E-state index contributed by atoms with van der Waals surface area (Å²) in [5, 5.41) is 10.9. The van der Waals surface area contributed by atoms with Crippen LogP contribution in [0.3, 0.4) is 0 Å². The molecule has 0 bridgehead atoms. The van der Waals surface area contributed by atoms with Crippen molar-refractivity contribution in [2.45, 2.75) is 37.8 Å². The van der Waals surface area contributed by atoms with Crippen molar-refractivity contribution in [2.24, 2.45) is 0 Å². The Bertz CT molecular complexity index is 448. The van der Waals surface area contributed by atoms with Crippen LogP contribution < -0.4 is 4.90 Å². The highest BCUT2D eigenvalue weighted by atomic mass is 35.5. The number of aliphatic hydroxyl groups is 1. The lowest BCUT2D eigenvalue weighted by Gasteiger charge is -2.43. The van der Waals surface area contributed by atoms with Gasteiger partial charge in [-0.15, -0.1) is 0 Å². The van der Waals surface area contributed by atoms with E-state index in [0.29, 0.717) is 6.04 Å². The third kappa shape index (κ3) is 2.92. The minimum Gasteiger partial charge on any atom is -0.391 e. The highest BCUT2D eigenvalue weighted by Gasteiger charge is 2.31. The maximum Gasteiger partial charge on any atom is 0.0822 e. The topological polar surface area (TPSA) is 39.6 Å². The monoisotopic (exact) mass is 295 g/mol. The highest BCUT2D eigenvalue weighted by Crippen LogP contribution is 2.28. The predicted octanol–water partition coefficient (Wildman–Crippen LogP) is 2.16. The molecule has 5 heteroatoms. The molecule has 1 saturated heterocycles. The molecule has 0 amide bonds. The zero-order valence-corrected chi connectivity index (χ0v) is 12.5. The molecule has 110 valence electrons. The molecule has 2 heterocycles. The van der Waals surface area contributed by atoms with Crippen molar-refractivity contribution in [3.8, 4) is 0 Å². The summed E-state index contributed by atoms with van der Waals surface area (Å²) in [5.41, 5.74) is 1.07. The Kier molecular flexibility index (Phi) is 4.44. The SMILES string of the molecule is OC1CCCCC1N1CCN(c2ccncc2Cl)CC1. The lowest BCUT2D eigenvalue weighted by atomic mass is 9.91. The Morgan fingerprint density at radius 2 is 1.90 bits per heavy atom. The van der Waals surface area contributed by atoms with Crippen LogP contribution in [0.4, 0.5) is 5.69 Å². The van der Waals surface area contributed by atoms with Gasteiger partial charge in [0.2, 0.25) is 0 Å². The molecular weight excluding hydrogens is 274 g/mol. The normalized spacial score (nSPS) is 28.6. The average Bonchev–Trinajstić information content (AvgIpc) is 2.49. The van der Waals surface area contributed by atoms with E-state index in [9.17, 15) is 5.11 Å². The maximum absolute atomic E-state index is 10.2. The lowest BCUT2D eigenvalue weighted by Crippen LogP contribution is -2.54. The van der Waals surface area contributed by atoms with Crippen LogP contribution in [0.2, 0.25) is 5.02 Å². The van der Waals surface area contributed by atoms with Crippen molar-refractivity contribution in [1.29, 1.82) is 0 Å². The van der Waals surface area contributed by atoms with Gasteiger partial charge in [0.1, 0.15) is 0 Å². The third-order valence-electron chi connectivity index (χ3n) is 4.57. The standard InChI is InChI=1S/C15H22ClN3O/c16-12-11-17-6-5-13(12)18-7-9-19(10-8-18)14-3-1-2-4-15(14)20/h5-6,11,14-15,20H,1-4,7-10H2. The summed E-state index contributed by atoms with van der Waals surface area (Å²) in [6.07, 6.45) is 7.87. The van der Waals surface area contributed by atoms with Gasteiger partial charge in [0.25, 0.3) is 0 Å². The Balaban J connectivity index is 1.61. The number of hydrogen-bond acceptors (Lipinski definition) is 4. The van der Waals surface area contributed by atoms with Gasteiger partial charge in [-0.2, -0.15) is 0 Å². The van der Waals surface area contributed by atoms with Crippen molar-refractivity contribution in [3.05, 3.63) is 23.5 Å². The second kappa shape index (κ2) is 6.29. The number of halogens is 1.